The zero-order valence-corrected chi connectivity index (χ0v) is 13.3. The highest BCUT2D eigenvalue weighted by Crippen LogP contribution is 2.46. The highest BCUT2D eigenvalue weighted by Gasteiger charge is 2.32. The third-order valence-corrected chi connectivity index (χ3v) is 5.12. The molecule has 0 aliphatic carbocycles. The van der Waals surface area contributed by atoms with Crippen molar-refractivity contribution in [3.8, 4) is 11.5 Å². The molecule has 1 aromatic heterocycles. The first kappa shape index (κ1) is 14.8. The van der Waals surface area contributed by atoms with Crippen molar-refractivity contribution in [3.63, 3.8) is 0 Å². The van der Waals surface area contributed by atoms with Crippen molar-refractivity contribution in [1.29, 1.82) is 0 Å². The van der Waals surface area contributed by atoms with E-state index in [0.717, 1.165) is 16.8 Å². The predicted octanol–water partition coefficient (Wildman–Crippen LogP) is 2.60. The van der Waals surface area contributed by atoms with Crippen LogP contribution in [0, 0.1) is 6.92 Å². The van der Waals surface area contributed by atoms with E-state index in [9.17, 15) is 9.90 Å². The molecule has 0 unspecified atom stereocenters. The van der Waals surface area contributed by atoms with Crippen LogP contribution >= 0.6 is 11.8 Å². The summed E-state index contributed by atoms with van der Waals surface area (Å²) < 4.78 is 5.19. The maximum atomic E-state index is 12.1. The summed E-state index contributed by atoms with van der Waals surface area (Å²) in [5, 5.41) is 19.5. The summed E-state index contributed by atoms with van der Waals surface area (Å²) >= 11 is 1.55. The van der Waals surface area contributed by atoms with Crippen molar-refractivity contribution < 1.29 is 14.6 Å². The molecule has 7 heteroatoms. The van der Waals surface area contributed by atoms with E-state index in [0.29, 0.717) is 11.6 Å². The minimum absolute atomic E-state index is 0.0639. The number of hydrogen-bond donors (Lipinski definition) is 3. The van der Waals surface area contributed by atoms with Crippen LogP contribution in [0.1, 0.15) is 29.0 Å². The van der Waals surface area contributed by atoms with Gasteiger partial charge in [-0.25, -0.2) is 0 Å². The third kappa shape index (κ3) is 2.41. The van der Waals surface area contributed by atoms with Gasteiger partial charge in [-0.05, 0) is 31.5 Å². The van der Waals surface area contributed by atoms with Crippen LogP contribution in [0.4, 0.5) is 5.82 Å². The monoisotopic (exact) mass is 319 g/mol. The molecule has 2 atom stereocenters. The van der Waals surface area contributed by atoms with Gasteiger partial charge in [0.05, 0.1) is 17.6 Å². The van der Waals surface area contributed by atoms with Gasteiger partial charge in [0.1, 0.15) is 0 Å². The molecule has 0 radical (unpaired) electrons. The maximum absolute atomic E-state index is 12.1. The average Bonchev–Trinajstić information content (AvgIpc) is 2.79. The van der Waals surface area contributed by atoms with E-state index in [1.807, 2.05) is 19.9 Å². The summed E-state index contributed by atoms with van der Waals surface area (Å²) in [6, 6.07) is 5.24. The van der Waals surface area contributed by atoms with Crippen molar-refractivity contribution >= 4 is 23.5 Å². The number of rotatable bonds is 2. The number of phenolic OH excluding ortho intramolecular Hbond substituents is 1. The van der Waals surface area contributed by atoms with E-state index in [4.69, 9.17) is 4.74 Å². The Balaban J connectivity index is 2.12. The number of hydrogen-bond acceptors (Lipinski definition) is 5. The number of aryl methyl sites for hydroxylation is 1. The Kier molecular flexibility index (Phi) is 3.74. The first-order valence-corrected chi connectivity index (χ1v) is 7.83. The molecule has 116 valence electrons. The summed E-state index contributed by atoms with van der Waals surface area (Å²) in [6.45, 7) is 3.80. The van der Waals surface area contributed by atoms with E-state index in [1.165, 1.54) is 7.11 Å². The molecule has 6 nitrogen and oxygen atoms in total. The van der Waals surface area contributed by atoms with Gasteiger partial charge in [-0.3, -0.25) is 9.89 Å². The minimum atomic E-state index is -0.210. The fraction of sp³-hybridized carbons (Fsp3) is 0.333. The zero-order valence-electron chi connectivity index (χ0n) is 12.5. The standard InChI is InChI=1S/C15H17N3O3S/c1-7-12-13(9-4-5-10(19)11(6-9)21-3)22-8(2)15(20)16-14(12)18-17-7/h4-6,8,13,19H,1-3H3,(H2,16,17,18,20)/t8-,13+/m1/s1. The zero-order chi connectivity index (χ0) is 15.9. The maximum Gasteiger partial charge on any atom is 0.238 e. The van der Waals surface area contributed by atoms with Gasteiger partial charge < -0.3 is 15.2 Å². The molecule has 0 fully saturated rings. The molecule has 3 N–H and O–H groups in total. The first-order chi connectivity index (χ1) is 10.5. The molecular formula is C15H17N3O3S. The number of carbonyl (C=O) groups is 1. The van der Waals surface area contributed by atoms with E-state index >= 15 is 0 Å². The van der Waals surface area contributed by atoms with Crippen molar-refractivity contribution in [1.82, 2.24) is 10.2 Å². The number of aromatic nitrogens is 2. The number of aromatic hydroxyl groups is 1. The Morgan fingerprint density at radius 1 is 1.41 bits per heavy atom. The van der Waals surface area contributed by atoms with Crippen LogP contribution in [0.5, 0.6) is 11.5 Å². The van der Waals surface area contributed by atoms with Gasteiger partial charge in [0.15, 0.2) is 17.3 Å². The summed E-state index contributed by atoms with van der Waals surface area (Å²) in [4.78, 5) is 12.1. The van der Waals surface area contributed by atoms with Gasteiger partial charge in [0, 0.05) is 11.3 Å². The van der Waals surface area contributed by atoms with Crippen LogP contribution in [0.2, 0.25) is 0 Å². The number of H-pyrrole nitrogens is 1. The van der Waals surface area contributed by atoms with Gasteiger partial charge in [0.25, 0.3) is 0 Å². The van der Waals surface area contributed by atoms with E-state index in [1.54, 1.807) is 23.9 Å². The minimum Gasteiger partial charge on any atom is -0.504 e. The fourth-order valence-corrected chi connectivity index (χ4v) is 3.83. The van der Waals surface area contributed by atoms with E-state index in [-0.39, 0.29) is 22.2 Å². The molecule has 0 saturated carbocycles. The average molecular weight is 319 g/mol. The second kappa shape index (κ2) is 5.57. The quantitative estimate of drug-likeness (QED) is 0.792. The summed E-state index contributed by atoms with van der Waals surface area (Å²) in [6.07, 6.45) is 0. The number of amides is 1. The smallest absolute Gasteiger partial charge is 0.238 e. The second-order valence-electron chi connectivity index (χ2n) is 5.19. The Morgan fingerprint density at radius 3 is 2.91 bits per heavy atom. The molecule has 3 rings (SSSR count). The third-order valence-electron chi connectivity index (χ3n) is 3.71. The number of ether oxygens (including phenoxy) is 1. The number of fused-ring (bicyclic) bond motifs is 1. The molecule has 2 heterocycles. The molecule has 22 heavy (non-hydrogen) atoms. The number of nitrogens with zero attached hydrogens (tertiary/aromatic N) is 1. The molecule has 0 spiro atoms. The lowest BCUT2D eigenvalue weighted by atomic mass is 10.0. The van der Waals surface area contributed by atoms with Crippen LogP contribution in [0.25, 0.3) is 0 Å². The molecule has 1 aliphatic rings. The van der Waals surface area contributed by atoms with Gasteiger partial charge in [0.2, 0.25) is 5.91 Å². The Hall–Kier alpha value is -2.15. The second-order valence-corrected chi connectivity index (χ2v) is 6.64. The van der Waals surface area contributed by atoms with Crippen molar-refractivity contribution in [2.45, 2.75) is 24.3 Å². The highest BCUT2D eigenvalue weighted by atomic mass is 32.2. The molecule has 0 saturated heterocycles. The molecular weight excluding hydrogens is 302 g/mol. The Bertz CT molecular complexity index is 729. The number of carbonyl (C=O) groups excluding carboxylic acids is 1. The lowest BCUT2D eigenvalue weighted by Crippen LogP contribution is -2.21. The summed E-state index contributed by atoms with van der Waals surface area (Å²) in [5.41, 5.74) is 2.82. The molecule has 1 aromatic carbocycles. The van der Waals surface area contributed by atoms with Crippen LogP contribution in [-0.4, -0.2) is 33.6 Å². The fourth-order valence-electron chi connectivity index (χ4n) is 2.51. The first-order valence-electron chi connectivity index (χ1n) is 6.89. The topological polar surface area (TPSA) is 87.2 Å². The van der Waals surface area contributed by atoms with Gasteiger partial charge in [-0.2, -0.15) is 5.10 Å². The van der Waals surface area contributed by atoms with Crippen LogP contribution in [0.3, 0.4) is 0 Å². The van der Waals surface area contributed by atoms with Crippen molar-refractivity contribution in [2.75, 3.05) is 12.4 Å². The molecule has 1 aliphatic heterocycles. The number of aromatic amines is 1. The Labute approximate surface area is 132 Å². The van der Waals surface area contributed by atoms with Crippen molar-refractivity contribution in [3.05, 3.63) is 35.0 Å². The number of methoxy groups -OCH3 is 1. The summed E-state index contributed by atoms with van der Waals surface area (Å²) in [7, 11) is 1.52. The van der Waals surface area contributed by atoms with Gasteiger partial charge >= 0.3 is 0 Å². The molecule has 1 amide bonds. The predicted molar refractivity (Wildman–Crippen MR) is 85.5 cm³/mol. The normalized spacial score (nSPS) is 21.0. The number of anilines is 1. The van der Waals surface area contributed by atoms with Crippen molar-refractivity contribution in [2.24, 2.45) is 0 Å². The SMILES string of the molecule is COc1cc([C@@H]2S[C@H](C)C(=O)Nc3n[nH]c(C)c32)ccc1O. The van der Waals surface area contributed by atoms with Gasteiger partial charge in [-0.1, -0.05) is 6.07 Å². The lowest BCUT2D eigenvalue weighted by molar-refractivity contribution is -0.115. The summed E-state index contributed by atoms with van der Waals surface area (Å²) in [5.74, 6) is 1.01. The van der Waals surface area contributed by atoms with Gasteiger partial charge in [-0.15, -0.1) is 11.8 Å². The van der Waals surface area contributed by atoms with Crippen LogP contribution in [-0.2, 0) is 4.79 Å². The van der Waals surface area contributed by atoms with E-state index in [2.05, 4.69) is 15.5 Å². The number of phenols is 1. The largest absolute Gasteiger partial charge is 0.504 e. The van der Waals surface area contributed by atoms with Crippen LogP contribution in [0.15, 0.2) is 18.2 Å². The van der Waals surface area contributed by atoms with E-state index < -0.39 is 0 Å². The van der Waals surface area contributed by atoms with Crippen LogP contribution < -0.4 is 10.1 Å². The molecule has 0 bridgehead atoms. The number of nitrogens with one attached hydrogen (secondary N) is 2. The molecule has 2 aromatic rings. The Morgan fingerprint density at radius 2 is 2.18 bits per heavy atom. The number of thioether (sulfide) groups is 1. The highest BCUT2D eigenvalue weighted by molar-refractivity contribution is 8.01. The number of benzene rings is 1. The lowest BCUT2D eigenvalue weighted by Gasteiger charge is -2.18.